The van der Waals surface area contributed by atoms with Crippen LogP contribution in [0, 0.1) is 5.92 Å². The lowest BCUT2D eigenvalue weighted by molar-refractivity contribution is -0.129. The number of likely N-dealkylation sites (tertiary alicyclic amines) is 1. The van der Waals surface area contributed by atoms with Gasteiger partial charge in [-0.3, -0.25) is 19.3 Å². The molecule has 0 radical (unpaired) electrons. The Kier molecular flexibility index (Phi) is 10.7. The Bertz CT molecular complexity index is 1200. The monoisotopic (exact) mass is 567 g/mol. The molecule has 1 aromatic carbocycles. The first-order chi connectivity index (χ1) is 19.2. The van der Waals surface area contributed by atoms with Crippen LogP contribution >= 0.6 is 11.3 Å². The van der Waals surface area contributed by atoms with Gasteiger partial charge in [0.25, 0.3) is 0 Å². The number of nitrogens with zero attached hydrogens (tertiary/aromatic N) is 2. The third-order valence-corrected chi connectivity index (χ3v) is 9.23. The summed E-state index contributed by atoms with van der Waals surface area (Å²) in [4.78, 5) is 45.9. The van der Waals surface area contributed by atoms with Crippen molar-refractivity contribution < 1.29 is 14.4 Å². The minimum Gasteiger partial charge on any atom is -0.350 e. The van der Waals surface area contributed by atoms with Crippen molar-refractivity contribution in [3.8, 4) is 0 Å². The lowest BCUT2D eigenvalue weighted by Crippen LogP contribution is -2.55. The predicted octanol–water partition coefficient (Wildman–Crippen LogP) is 4.30. The fourth-order valence-electron chi connectivity index (χ4n) is 5.48. The average molecular weight is 568 g/mol. The van der Waals surface area contributed by atoms with E-state index in [1.54, 1.807) is 18.3 Å². The van der Waals surface area contributed by atoms with E-state index in [2.05, 4.69) is 53.4 Å². The standard InChI is InChI=1S/C31H45N5O3S/c1-5-28(37)33-25(17-29-34-24-13-12-23(20(2)3)16-27(24)40-29)31(39)35-26(22-10-7-6-8-11-22)18-32-30(38)21(4)19-36-14-9-15-36/h12-13,16,20,22,25-26H,4-11,14-15,17-19H2,1-3H3,(H,32,38)(H,33,37)(H,35,39)/t25-,26+/m0/s1. The molecule has 3 amide bonds. The van der Waals surface area contributed by atoms with E-state index in [1.807, 2.05) is 6.07 Å². The van der Waals surface area contributed by atoms with Crippen molar-refractivity contribution in [1.29, 1.82) is 0 Å². The Labute approximate surface area is 242 Å². The van der Waals surface area contributed by atoms with Crippen molar-refractivity contribution >= 4 is 39.3 Å². The molecule has 2 atom stereocenters. The van der Waals surface area contributed by atoms with Gasteiger partial charge in [0.05, 0.1) is 15.2 Å². The summed E-state index contributed by atoms with van der Waals surface area (Å²) in [6, 6.07) is 5.35. The van der Waals surface area contributed by atoms with Crippen molar-refractivity contribution in [2.45, 2.75) is 90.1 Å². The number of carbonyl (C=O) groups is 3. The normalized spacial score (nSPS) is 17.7. The first kappa shape index (κ1) is 30.2. The molecule has 1 saturated carbocycles. The van der Waals surface area contributed by atoms with Gasteiger partial charge in [0.1, 0.15) is 6.04 Å². The fraction of sp³-hybridized carbons (Fsp3) is 0.613. The second-order valence-electron chi connectivity index (χ2n) is 11.6. The van der Waals surface area contributed by atoms with Crippen LogP contribution in [0.5, 0.6) is 0 Å². The van der Waals surface area contributed by atoms with Crippen LogP contribution in [-0.4, -0.2) is 65.9 Å². The van der Waals surface area contributed by atoms with Crippen LogP contribution in [0.4, 0.5) is 0 Å². The molecule has 9 heteroatoms. The van der Waals surface area contributed by atoms with Crippen LogP contribution in [0.2, 0.25) is 0 Å². The van der Waals surface area contributed by atoms with Gasteiger partial charge in [-0.1, -0.05) is 52.7 Å². The van der Waals surface area contributed by atoms with E-state index < -0.39 is 6.04 Å². The van der Waals surface area contributed by atoms with E-state index in [4.69, 9.17) is 4.98 Å². The van der Waals surface area contributed by atoms with Gasteiger partial charge >= 0.3 is 0 Å². The molecule has 4 rings (SSSR count). The van der Waals surface area contributed by atoms with Gasteiger partial charge in [-0.05, 0) is 61.9 Å². The summed E-state index contributed by atoms with van der Waals surface area (Å²) < 4.78 is 1.09. The molecule has 40 heavy (non-hydrogen) atoms. The molecule has 0 unspecified atom stereocenters. The second-order valence-corrected chi connectivity index (χ2v) is 12.7. The van der Waals surface area contributed by atoms with Gasteiger partial charge in [0.2, 0.25) is 17.7 Å². The van der Waals surface area contributed by atoms with E-state index in [0.29, 0.717) is 37.4 Å². The van der Waals surface area contributed by atoms with Crippen LogP contribution < -0.4 is 16.0 Å². The maximum atomic E-state index is 13.7. The molecule has 2 aromatic rings. The van der Waals surface area contributed by atoms with Gasteiger partial charge < -0.3 is 16.0 Å². The molecule has 2 fully saturated rings. The molecule has 218 valence electrons. The minimum absolute atomic E-state index is 0.159. The highest BCUT2D eigenvalue weighted by molar-refractivity contribution is 7.18. The quantitative estimate of drug-likeness (QED) is 0.313. The first-order valence-electron chi connectivity index (χ1n) is 14.9. The molecule has 1 saturated heterocycles. The Morgan fingerprint density at radius 2 is 1.85 bits per heavy atom. The smallest absolute Gasteiger partial charge is 0.247 e. The molecule has 8 nitrogen and oxygen atoms in total. The number of amides is 3. The van der Waals surface area contributed by atoms with E-state index >= 15 is 0 Å². The molecule has 3 N–H and O–H groups in total. The maximum Gasteiger partial charge on any atom is 0.247 e. The molecule has 0 bridgehead atoms. The number of thiazole rings is 1. The van der Waals surface area contributed by atoms with Crippen molar-refractivity contribution in [3.05, 3.63) is 40.9 Å². The van der Waals surface area contributed by atoms with Crippen molar-refractivity contribution in [3.63, 3.8) is 0 Å². The highest BCUT2D eigenvalue weighted by Crippen LogP contribution is 2.28. The topological polar surface area (TPSA) is 103 Å². The highest BCUT2D eigenvalue weighted by Gasteiger charge is 2.30. The minimum atomic E-state index is -0.735. The Hall–Kier alpha value is -2.78. The van der Waals surface area contributed by atoms with Crippen LogP contribution in [0.25, 0.3) is 10.2 Å². The number of hydrogen-bond acceptors (Lipinski definition) is 6. The molecule has 2 heterocycles. The summed E-state index contributed by atoms with van der Waals surface area (Å²) >= 11 is 1.57. The van der Waals surface area contributed by atoms with E-state index in [-0.39, 0.29) is 29.7 Å². The van der Waals surface area contributed by atoms with Gasteiger partial charge in [-0.2, -0.15) is 0 Å². The van der Waals surface area contributed by atoms with Crippen molar-refractivity contribution in [1.82, 2.24) is 25.8 Å². The summed E-state index contributed by atoms with van der Waals surface area (Å²) in [6.45, 7) is 13.0. The van der Waals surface area contributed by atoms with Crippen LogP contribution in [0.1, 0.15) is 82.2 Å². The largest absolute Gasteiger partial charge is 0.350 e. The third-order valence-electron chi connectivity index (χ3n) is 8.19. The summed E-state index contributed by atoms with van der Waals surface area (Å²) in [5, 5.41) is 9.99. The van der Waals surface area contributed by atoms with Crippen molar-refractivity contribution in [2.24, 2.45) is 5.92 Å². The Balaban J connectivity index is 1.45. The third kappa shape index (κ3) is 8.13. The molecule has 1 aliphatic heterocycles. The zero-order chi connectivity index (χ0) is 28.6. The summed E-state index contributed by atoms with van der Waals surface area (Å²) in [5.74, 6) is 0.137. The zero-order valence-electron chi connectivity index (χ0n) is 24.3. The number of aromatic nitrogens is 1. The lowest BCUT2D eigenvalue weighted by atomic mass is 9.83. The predicted molar refractivity (Wildman–Crippen MR) is 161 cm³/mol. The van der Waals surface area contributed by atoms with Crippen LogP contribution in [-0.2, 0) is 20.8 Å². The fourth-order valence-corrected chi connectivity index (χ4v) is 6.54. The summed E-state index contributed by atoms with van der Waals surface area (Å²) in [7, 11) is 0. The van der Waals surface area contributed by atoms with Gasteiger partial charge in [0, 0.05) is 37.5 Å². The molecule has 0 spiro atoms. The lowest BCUT2D eigenvalue weighted by Gasteiger charge is -2.33. The van der Waals surface area contributed by atoms with Gasteiger partial charge in [-0.25, -0.2) is 4.98 Å². The van der Waals surface area contributed by atoms with E-state index in [0.717, 1.165) is 60.4 Å². The highest BCUT2D eigenvalue weighted by atomic mass is 32.1. The van der Waals surface area contributed by atoms with Gasteiger partial charge in [0.15, 0.2) is 0 Å². The van der Waals surface area contributed by atoms with E-state index in [1.165, 1.54) is 12.0 Å². The number of nitrogens with one attached hydrogen (secondary N) is 3. The number of fused-ring (bicyclic) bond motifs is 1. The maximum absolute atomic E-state index is 13.7. The summed E-state index contributed by atoms with van der Waals surface area (Å²) in [5.41, 5.74) is 2.71. The number of carbonyl (C=O) groups excluding carboxylic acids is 3. The van der Waals surface area contributed by atoms with Crippen LogP contribution in [0.15, 0.2) is 30.4 Å². The summed E-state index contributed by atoms with van der Waals surface area (Å²) in [6.07, 6.45) is 7.24. The van der Waals surface area contributed by atoms with Gasteiger partial charge in [-0.15, -0.1) is 11.3 Å². The van der Waals surface area contributed by atoms with Crippen LogP contribution in [0.3, 0.4) is 0 Å². The molecule has 1 aliphatic carbocycles. The number of benzene rings is 1. The first-order valence-corrected chi connectivity index (χ1v) is 15.7. The van der Waals surface area contributed by atoms with E-state index in [9.17, 15) is 14.4 Å². The van der Waals surface area contributed by atoms with Crippen molar-refractivity contribution in [2.75, 3.05) is 26.2 Å². The average Bonchev–Trinajstić information content (AvgIpc) is 3.34. The Morgan fingerprint density at radius 1 is 1.10 bits per heavy atom. The molecular weight excluding hydrogens is 522 g/mol. The zero-order valence-corrected chi connectivity index (χ0v) is 25.1. The molecule has 2 aliphatic rings. The number of hydrogen-bond donors (Lipinski definition) is 3. The second kappa shape index (κ2) is 14.2. The Morgan fingerprint density at radius 3 is 2.50 bits per heavy atom. The molecular formula is C31H45N5O3S. The SMILES string of the molecule is C=C(CN1CCC1)C(=O)NC[C@@H](NC(=O)[C@H](Cc1nc2ccc(C(C)C)cc2s1)NC(=O)CC)C1CCCCC1. The number of rotatable bonds is 13. The molecule has 1 aromatic heterocycles.